The van der Waals surface area contributed by atoms with Gasteiger partial charge in [-0.25, -0.2) is 9.29 Å². The third-order valence-corrected chi connectivity index (χ3v) is 4.92. The summed E-state index contributed by atoms with van der Waals surface area (Å²) in [4.78, 5) is 38.9. The summed E-state index contributed by atoms with van der Waals surface area (Å²) in [5.41, 5.74) is 1.93. The third kappa shape index (κ3) is 3.35. The number of hydrogen-bond donors (Lipinski definition) is 1. The van der Waals surface area contributed by atoms with Crippen LogP contribution in [-0.2, 0) is 20.8 Å². The Morgan fingerprint density at radius 3 is 2.55 bits per heavy atom. The van der Waals surface area contributed by atoms with E-state index in [1.165, 1.54) is 29.3 Å². The second kappa shape index (κ2) is 7.42. The van der Waals surface area contributed by atoms with Gasteiger partial charge in [0.25, 0.3) is 11.8 Å². The van der Waals surface area contributed by atoms with E-state index in [9.17, 15) is 18.8 Å². The van der Waals surface area contributed by atoms with E-state index in [0.29, 0.717) is 5.69 Å². The second-order valence-corrected chi connectivity index (χ2v) is 6.74. The molecule has 4 rings (SSSR count). The minimum atomic E-state index is -1.01. The zero-order valence-corrected chi connectivity index (χ0v) is 15.6. The zero-order valence-electron chi connectivity index (χ0n) is 15.6. The molecule has 0 spiro atoms. The maximum Gasteiger partial charge on any atom is 0.263 e. The number of aryl methyl sites for hydroxylation is 1. The summed E-state index contributed by atoms with van der Waals surface area (Å²) >= 11 is 0. The summed E-state index contributed by atoms with van der Waals surface area (Å²) in [7, 11) is 0. The van der Waals surface area contributed by atoms with Crippen molar-refractivity contribution in [2.45, 2.75) is 25.4 Å². The lowest BCUT2D eigenvalue weighted by molar-refractivity contribution is -0.123. The predicted octanol–water partition coefficient (Wildman–Crippen LogP) is 2.32. The van der Waals surface area contributed by atoms with Crippen molar-refractivity contribution in [1.29, 1.82) is 0 Å². The average molecular weight is 395 g/mol. The molecule has 2 aromatic rings. The van der Waals surface area contributed by atoms with Gasteiger partial charge < -0.3 is 5.32 Å². The lowest BCUT2D eigenvalue weighted by Gasteiger charge is -2.20. The lowest BCUT2D eigenvalue weighted by Crippen LogP contribution is -2.43. The smallest absolute Gasteiger partial charge is 0.263 e. The number of para-hydroxylation sites is 1. The van der Waals surface area contributed by atoms with E-state index in [1.54, 1.807) is 6.07 Å². The number of amides is 3. The summed E-state index contributed by atoms with van der Waals surface area (Å²) in [5, 5.41) is 11.8. The number of imide groups is 1. The first kappa shape index (κ1) is 18.7. The van der Waals surface area contributed by atoms with Gasteiger partial charge in [0.1, 0.15) is 12.4 Å². The number of halogens is 1. The standard InChI is InChI=1S/C20H18FN5O3/c1-2-12-5-3-4-6-15(12)22-16(27)11-25-18-17(23-24-25)19(28)26(20(18)29)14-9-7-13(21)8-10-14/h3-10,17-18H,2,11H2,1H3,(H,22,27)/t17-,18-/m1/s1. The largest absolute Gasteiger partial charge is 0.324 e. The predicted molar refractivity (Wildman–Crippen MR) is 102 cm³/mol. The SMILES string of the molecule is CCc1ccccc1NC(=O)CN1N=N[C@H]2C(=O)N(c3ccc(F)cc3)C(=O)[C@@H]21. The fraction of sp³-hybridized carbons (Fsp3) is 0.250. The van der Waals surface area contributed by atoms with Crippen LogP contribution in [0, 0.1) is 5.82 Å². The minimum absolute atomic E-state index is 0.223. The summed E-state index contributed by atoms with van der Waals surface area (Å²) in [6.07, 6.45) is 0.754. The van der Waals surface area contributed by atoms with Crippen molar-refractivity contribution in [3.05, 3.63) is 59.9 Å². The summed E-state index contributed by atoms with van der Waals surface area (Å²) in [5.74, 6) is -1.93. The van der Waals surface area contributed by atoms with E-state index in [2.05, 4.69) is 15.7 Å². The van der Waals surface area contributed by atoms with Crippen molar-refractivity contribution < 1.29 is 18.8 Å². The minimum Gasteiger partial charge on any atom is -0.324 e. The quantitative estimate of drug-likeness (QED) is 0.786. The molecule has 2 atom stereocenters. The van der Waals surface area contributed by atoms with Gasteiger partial charge in [-0.05, 0) is 42.3 Å². The van der Waals surface area contributed by atoms with E-state index in [1.807, 2.05) is 25.1 Å². The van der Waals surface area contributed by atoms with Gasteiger partial charge in [0.2, 0.25) is 5.91 Å². The van der Waals surface area contributed by atoms with E-state index >= 15 is 0 Å². The highest BCUT2D eigenvalue weighted by Crippen LogP contribution is 2.31. The van der Waals surface area contributed by atoms with Crippen LogP contribution >= 0.6 is 0 Å². The van der Waals surface area contributed by atoms with Crippen LogP contribution in [0.1, 0.15) is 12.5 Å². The highest BCUT2D eigenvalue weighted by atomic mass is 19.1. The van der Waals surface area contributed by atoms with E-state index in [-0.39, 0.29) is 18.1 Å². The molecule has 29 heavy (non-hydrogen) atoms. The van der Waals surface area contributed by atoms with Crippen molar-refractivity contribution in [3.63, 3.8) is 0 Å². The van der Waals surface area contributed by atoms with Gasteiger partial charge in [0.15, 0.2) is 12.1 Å². The van der Waals surface area contributed by atoms with Crippen LogP contribution in [0.15, 0.2) is 58.9 Å². The molecule has 2 heterocycles. The Morgan fingerprint density at radius 2 is 1.83 bits per heavy atom. The maximum absolute atomic E-state index is 13.2. The van der Waals surface area contributed by atoms with Crippen molar-refractivity contribution in [3.8, 4) is 0 Å². The molecule has 2 aliphatic rings. The average Bonchev–Trinajstić information content (AvgIpc) is 3.23. The van der Waals surface area contributed by atoms with Gasteiger partial charge in [0, 0.05) is 5.69 Å². The number of benzene rings is 2. The molecule has 0 unspecified atom stereocenters. The maximum atomic E-state index is 13.2. The number of carbonyl (C=O) groups is 3. The lowest BCUT2D eigenvalue weighted by atomic mass is 10.1. The Balaban J connectivity index is 1.49. The van der Waals surface area contributed by atoms with Crippen molar-refractivity contribution >= 4 is 29.1 Å². The molecule has 9 heteroatoms. The normalized spacial score (nSPS) is 20.3. The molecule has 148 valence electrons. The first-order valence-corrected chi connectivity index (χ1v) is 9.18. The molecular weight excluding hydrogens is 377 g/mol. The third-order valence-electron chi connectivity index (χ3n) is 4.92. The molecule has 1 N–H and O–H groups in total. The zero-order chi connectivity index (χ0) is 20.5. The van der Waals surface area contributed by atoms with Gasteiger partial charge in [-0.3, -0.25) is 19.4 Å². The summed E-state index contributed by atoms with van der Waals surface area (Å²) in [6.45, 7) is 1.76. The first-order valence-electron chi connectivity index (χ1n) is 9.18. The molecule has 0 saturated carbocycles. The van der Waals surface area contributed by atoms with Gasteiger partial charge in [-0.2, -0.15) is 5.11 Å². The van der Waals surface area contributed by atoms with Crippen molar-refractivity contribution in [2.75, 3.05) is 16.8 Å². The molecular formula is C20H18FN5O3. The Morgan fingerprint density at radius 1 is 1.10 bits per heavy atom. The van der Waals surface area contributed by atoms with Gasteiger partial charge in [0.05, 0.1) is 5.69 Å². The van der Waals surface area contributed by atoms with Gasteiger partial charge in [-0.15, -0.1) is 0 Å². The molecule has 8 nitrogen and oxygen atoms in total. The number of hydrogen-bond acceptors (Lipinski definition) is 6. The van der Waals surface area contributed by atoms with Crippen LogP contribution in [-0.4, -0.2) is 41.4 Å². The number of rotatable bonds is 5. The second-order valence-electron chi connectivity index (χ2n) is 6.74. The van der Waals surface area contributed by atoms with Gasteiger partial charge >= 0.3 is 0 Å². The Labute approximate surface area is 166 Å². The molecule has 1 saturated heterocycles. The molecule has 0 bridgehead atoms. The summed E-state index contributed by atoms with van der Waals surface area (Å²) in [6, 6.07) is 10.5. The molecule has 3 amide bonds. The van der Waals surface area contributed by atoms with Crippen LogP contribution in [0.3, 0.4) is 0 Å². The fourth-order valence-corrected chi connectivity index (χ4v) is 3.49. The van der Waals surface area contributed by atoms with Gasteiger partial charge in [-0.1, -0.05) is 30.3 Å². The van der Waals surface area contributed by atoms with Crippen LogP contribution in [0.4, 0.5) is 15.8 Å². The Kier molecular flexibility index (Phi) is 4.79. The molecule has 0 radical (unpaired) electrons. The topological polar surface area (TPSA) is 94.4 Å². The monoisotopic (exact) mass is 395 g/mol. The number of nitrogens with one attached hydrogen (secondary N) is 1. The molecule has 1 fully saturated rings. The van der Waals surface area contributed by atoms with Crippen LogP contribution in [0.25, 0.3) is 0 Å². The van der Waals surface area contributed by atoms with E-state index in [4.69, 9.17) is 0 Å². The van der Waals surface area contributed by atoms with E-state index < -0.39 is 29.7 Å². The molecule has 2 aromatic carbocycles. The summed E-state index contributed by atoms with van der Waals surface area (Å²) < 4.78 is 13.2. The highest BCUT2D eigenvalue weighted by Gasteiger charge is 2.55. The Hall–Kier alpha value is -3.62. The van der Waals surface area contributed by atoms with Crippen molar-refractivity contribution in [1.82, 2.24) is 5.01 Å². The molecule has 2 aliphatic heterocycles. The van der Waals surface area contributed by atoms with Crippen molar-refractivity contribution in [2.24, 2.45) is 10.3 Å². The van der Waals surface area contributed by atoms with Crippen LogP contribution < -0.4 is 10.2 Å². The van der Waals surface area contributed by atoms with Crippen LogP contribution in [0.2, 0.25) is 0 Å². The molecule has 0 aliphatic carbocycles. The number of anilines is 2. The highest BCUT2D eigenvalue weighted by molar-refractivity contribution is 6.25. The number of nitrogens with zero attached hydrogens (tertiary/aromatic N) is 4. The first-order chi connectivity index (χ1) is 14.0. The van der Waals surface area contributed by atoms with Crippen LogP contribution in [0.5, 0.6) is 0 Å². The van der Waals surface area contributed by atoms with E-state index in [0.717, 1.165) is 16.9 Å². The Bertz CT molecular complexity index is 1010. The number of fused-ring (bicyclic) bond motifs is 1. The molecule has 0 aromatic heterocycles. The number of carbonyl (C=O) groups excluding carboxylic acids is 3. The fourth-order valence-electron chi connectivity index (χ4n) is 3.49.